The number of rotatable bonds is 1. The lowest BCUT2D eigenvalue weighted by molar-refractivity contribution is 0.0535. The summed E-state index contributed by atoms with van der Waals surface area (Å²) in [5.74, 6) is -0.229. The van der Waals surface area contributed by atoms with Crippen LogP contribution in [0.2, 0.25) is 0 Å². The summed E-state index contributed by atoms with van der Waals surface area (Å²) in [7, 11) is 0. The van der Waals surface area contributed by atoms with Crippen LogP contribution in [0.4, 0.5) is 0 Å². The molecule has 3 aromatic rings. The van der Waals surface area contributed by atoms with E-state index in [2.05, 4.69) is 17.1 Å². The largest absolute Gasteiger partial charge is 0.457 e. The number of nitrogens with one attached hydrogen (secondary N) is 1. The average Bonchev–Trinajstić information content (AvgIpc) is 3.03. The van der Waals surface area contributed by atoms with Crippen molar-refractivity contribution in [3.63, 3.8) is 0 Å². The van der Waals surface area contributed by atoms with Gasteiger partial charge in [-0.3, -0.25) is 0 Å². The summed E-state index contributed by atoms with van der Waals surface area (Å²) in [6, 6.07) is 16.0. The zero-order chi connectivity index (χ0) is 12.8. The van der Waals surface area contributed by atoms with E-state index in [0.29, 0.717) is 12.2 Å². The van der Waals surface area contributed by atoms with Crippen LogP contribution in [0.1, 0.15) is 15.9 Å². The average molecular weight is 249 g/mol. The lowest BCUT2D eigenvalue weighted by atomic mass is 10.0. The third-order valence-corrected chi connectivity index (χ3v) is 3.56. The Morgan fingerprint density at radius 1 is 1.00 bits per heavy atom. The van der Waals surface area contributed by atoms with Crippen LogP contribution >= 0.6 is 0 Å². The van der Waals surface area contributed by atoms with E-state index < -0.39 is 0 Å². The predicted octanol–water partition coefficient (Wildman–Crippen LogP) is 3.51. The van der Waals surface area contributed by atoms with E-state index in [-0.39, 0.29) is 5.97 Å². The number of cyclic esters (lactones) is 1. The number of ether oxygens (including phenoxy) is 1. The van der Waals surface area contributed by atoms with Crippen LogP contribution in [-0.2, 0) is 11.3 Å². The van der Waals surface area contributed by atoms with E-state index in [9.17, 15) is 4.79 Å². The van der Waals surface area contributed by atoms with Gasteiger partial charge in [0.25, 0.3) is 0 Å². The molecule has 0 fully saturated rings. The van der Waals surface area contributed by atoms with Gasteiger partial charge < -0.3 is 9.72 Å². The first kappa shape index (κ1) is 10.4. The molecule has 2 heterocycles. The monoisotopic (exact) mass is 249 g/mol. The van der Waals surface area contributed by atoms with Crippen LogP contribution in [0, 0.1) is 0 Å². The normalized spacial score (nSPS) is 13.6. The Balaban J connectivity index is 1.96. The molecule has 3 nitrogen and oxygen atoms in total. The van der Waals surface area contributed by atoms with Crippen molar-refractivity contribution in [3.8, 4) is 11.3 Å². The van der Waals surface area contributed by atoms with E-state index in [1.165, 1.54) is 5.39 Å². The van der Waals surface area contributed by atoms with Crippen molar-refractivity contribution in [2.24, 2.45) is 0 Å². The Hall–Kier alpha value is -2.55. The van der Waals surface area contributed by atoms with E-state index in [4.69, 9.17) is 4.74 Å². The Morgan fingerprint density at radius 2 is 1.84 bits per heavy atom. The molecule has 3 heteroatoms. The Labute approximate surface area is 109 Å². The number of carbonyl (C=O) groups excluding carboxylic acids is 1. The second-order valence-electron chi connectivity index (χ2n) is 4.68. The van der Waals surface area contributed by atoms with Gasteiger partial charge in [0, 0.05) is 27.7 Å². The molecule has 4 rings (SSSR count). The topological polar surface area (TPSA) is 42.1 Å². The fourth-order valence-electron chi connectivity index (χ4n) is 2.62. The van der Waals surface area contributed by atoms with Gasteiger partial charge in [-0.2, -0.15) is 0 Å². The summed E-state index contributed by atoms with van der Waals surface area (Å²) in [4.78, 5) is 15.0. The molecule has 0 amide bonds. The van der Waals surface area contributed by atoms with Gasteiger partial charge in [-0.25, -0.2) is 4.79 Å². The Morgan fingerprint density at radius 3 is 2.74 bits per heavy atom. The van der Waals surface area contributed by atoms with Crippen LogP contribution in [0.25, 0.3) is 22.2 Å². The van der Waals surface area contributed by atoms with Gasteiger partial charge >= 0.3 is 5.97 Å². The fraction of sp³-hybridized carbons (Fsp3) is 0.0625. The van der Waals surface area contributed by atoms with Crippen molar-refractivity contribution in [2.75, 3.05) is 0 Å². The quantitative estimate of drug-likeness (QED) is 0.670. The molecule has 0 aliphatic carbocycles. The zero-order valence-electron chi connectivity index (χ0n) is 10.1. The lowest BCUT2D eigenvalue weighted by Crippen LogP contribution is -1.93. The minimum absolute atomic E-state index is 0.229. The van der Waals surface area contributed by atoms with Gasteiger partial charge in [0.05, 0.1) is 5.56 Å². The summed E-state index contributed by atoms with van der Waals surface area (Å²) in [6.07, 6.45) is 0. The van der Waals surface area contributed by atoms with E-state index in [1.54, 1.807) is 0 Å². The number of hydrogen-bond acceptors (Lipinski definition) is 2. The molecule has 0 unspecified atom stereocenters. The second kappa shape index (κ2) is 3.72. The first-order chi connectivity index (χ1) is 9.33. The molecule has 92 valence electrons. The maximum atomic E-state index is 11.6. The van der Waals surface area contributed by atoms with Crippen molar-refractivity contribution in [1.82, 2.24) is 4.98 Å². The molecule has 0 spiro atoms. The smallest absolute Gasteiger partial charge is 0.338 e. The zero-order valence-corrected chi connectivity index (χ0v) is 10.1. The number of fused-ring (bicyclic) bond motifs is 2. The van der Waals surface area contributed by atoms with Crippen molar-refractivity contribution in [3.05, 3.63) is 59.7 Å². The van der Waals surface area contributed by atoms with Crippen molar-refractivity contribution >= 4 is 16.9 Å². The molecular weight excluding hydrogens is 238 g/mol. The Bertz CT molecular complexity index is 768. The van der Waals surface area contributed by atoms with Crippen LogP contribution in [0.15, 0.2) is 48.5 Å². The number of benzene rings is 2. The second-order valence-corrected chi connectivity index (χ2v) is 4.68. The molecule has 0 bridgehead atoms. The third-order valence-electron chi connectivity index (χ3n) is 3.56. The first-order valence-corrected chi connectivity index (χ1v) is 6.20. The van der Waals surface area contributed by atoms with E-state index in [0.717, 1.165) is 22.3 Å². The molecule has 2 aromatic carbocycles. The van der Waals surface area contributed by atoms with Crippen molar-refractivity contribution in [2.45, 2.75) is 6.61 Å². The number of para-hydroxylation sites is 1. The molecule has 1 N–H and O–H groups in total. The number of esters is 1. The fourth-order valence-corrected chi connectivity index (χ4v) is 2.62. The summed E-state index contributed by atoms with van der Waals surface area (Å²) in [5, 5.41) is 1.17. The van der Waals surface area contributed by atoms with E-state index >= 15 is 0 Å². The molecule has 1 aromatic heterocycles. The summed E-state index contributed by atoms with van der Waals surface area (Å²) >= 11 is 0. The number of aromatic amines is 1. The first-order valence-electron chi connectivity index (χ1n) is 6.20. The van der Waals surface area contributed by atoms with Crippen LogP contribution in [0.5, 0.6) is 0 Å². The van der Waals surface area contributed by atoms with Gasteiger partial charge in [0.2, 0.25) is 0 Å². The minimum atomic E-state index is -0.229. The SMILES string of the molecule is O=C1OCc2c1cccc2-c1cc2ccccc2[nH]1. The van der Waals surface area contributed by atoms with Crippen molar-refractivity contribution < 1.29 is 9.53 Å². The van der Waals surface area contributed by atoms with Crippen LogP contribution in [-0.4, -0.2) is 11.0 Å². The Kier molecular flexibility index (Phi) is 2.03. The predicted molar refractivity (Wildman–Crippen MR) is 72.9 cm³/mol. The van der Waals surface area contributed by atoms with Gasteiger partial charge in [-0.15, -0.1) is 0 Å². The van der Waals surface area contributed by atoms with Gasteiger partial charge in [-0.1, -0.05) is 30.3 Å². The summed E-state index contributed by atoms with van der Waals surface area (Å²) < 4.78 is 5.11. The highest BCUT2D eigenvalue weighted by atomic mass is 16.5. The summed E-state index contributed by atoms with van der Waals surface area (Å²) in [5.41, 5.74) is 4.81. The van der Waals surface area contributed by atoms with Gasteiger partial charge in [0.15, 0.2) is 0 Å². The maximum Gasteiger partial charge on any atom is 0.338 e. The molecular formula is C16H11NO2. The lowest BCUT2D eigenvalue weighted by Gasteiger charge is -2.03. The highest BCUT2D eigenvalue weighted by Gasteiger charge is 2.24. The number of hydrogen-bond donors (Lipinski definition) is 1. The molecule has 0 atom stereocenters. The minimum Gasteiger partial charge on any atom is -0.457 e. The van der Waals surface area contributed by atoms with Crippen molar-refractivity contribution in [1.29, 1.82) is 0 Å². The van der Waals surface area contributed by atoms with Gasteiger partial charge in [-0.05, 0) is 18.2 Å². The van der Waals surface area contributed by atoms with E-state index in [1.807, 2.05) is 36.4 Å². The van der Waals surface area contributed by atoms with Crippen LogP contribution < -0.4 is 0 Å². The highest BCUT2D eigenvalue weighted by Crippen LogP contribution is 2.32. The number of aromatic nitrogens is 1. The number of H-pyrrole nitrogens is 1. The maximum absolute atomic E-state index is 11.6. The molecule has 1 aliphatic rings. The molecule has 1 aliphatic heterocycles. The highest BCUT2D eigenvalue weighted by molar-refractivity contribution is 5.96. The molecule has 19 heavy (non-hydrogen) atoms. The van der Waals surface area contributed by atoms with Gasteiger partial charge in [0.1, 0.15) is 6.61 Å². The number of carbonyl (C=O) groups is 1. The standard InChI is InChI=1S/C16H11NO2/c18-16-12-6-3-5-11(13(12)9-19-16)15-8-10-4-1-2-7-14(10)17-15/h1-8,17H,9H2. The molecule has 0 saturated carbocycles. The third kappa shape index (κ3) is 1.48. The molecule has 0 saturated heterocycles. The summed E-state index contributed by atoms with van der Waals surface area (Å²) in [6.45, 7) is 0.361. The van der Waals surface area contributed by atoms with Crippen LogP contribution in [0.3, 0.4) is 0 Å². The molecule has 0 radical (unpaired) electrons.